The standard InChI is InChI=1S/C8H16O3.2C4H10.C3H8.C2H6.H2S2/c1-8(9)11-7-5-3-4-6-10-2;2*1-3-4-2;1-3-2;2*1-2/h3-7H2,1-2H3;2*3-4H2,1-2H3;3H2,1-2H3;1-2H3;1-2H. The van der Waals surface area contributed by atoms with Crippen molar-refractivity contribution in [1.29, 1.82) is 0 Å². The Morgan fingerprint density at radius 1 is 0.731 bits per heavy atom. The van der Waals surface area contributed by atoms with Crippen molar-refractivity contribution in [3.8, 4) is 0 Å². The van der Waals surface area contributed by atoms with E-state index in [1.54, 1.807) is 7.11 Å². The molecular weight excluding hydrogens is 364 g/mol. The monoisotopic (exact) mass is 416 g/mol. The third-order valence-corrected chi connectivity index (χ3v) is 2.30. The quantitative estimate of drug-likeness (QED) is 0.181. The highest BCUT2D eigenvalue weighted by Gasteiger charge is 1.92. The predicted molar refractivity (Wildman–Crippen MR) is 129 cm³/mol. The van der Waals surface area contributed by atoms with Crippen molar-refractivity contribution >= 4 is 29.3 Å². The number of carbonyl (C=O) groups excluding carboxylic acids is 1. The van der Waals surface area contributed by atoms with Crippen molar-refractivity contribution in [3.05, 3.63) is 0 Å². The second kappa shape index (κ2) is 63.9. The molecule has 0 saturated heterocycles. The molecule has 0 radical (unpaired) electrons. The molecule has 0 fully saturated rings. The number of thiol groups is 2. The van der Waals surface area contributed by atoms with Crippen LogP contribution in [0.3, 0.4) is 0 Å². The van der Waals surface area contributed by atoms with Crippen LogP contribution in [0.5, 0.6) is 0 Å². The summed E-state index contributed by atoms with van der Waals surface area (Å²) in [6, 6.07) is 0. The van der Waals surface area contributed by atoms with E-state index in [4.69, 9.17) is 9.47 Å². The Labute approximate surface area is 177 Å². The van der Waals surface area contributed by atoms with E-state index in [1.807, 2.05) is 13.8 Å². The molecule has 0 spiro atoms. The fourth-order valence-electron chi connectivity index (χ4n) is 0.741. The lowest BCUT2D eigenvalue weighted by molar-refractivity contribution is -0.141. The van der Waals surface area contributed by atoms with Crippen molar-refractivity contribution in [1.82, 2.24) is 0 Å². The molecular formula is C21H52O3S2. The third kappa shape index (κ3) is 126. The van der Waals surface area contributed by atoms with Gasteiger partial charge in [-0.1, -0.05) is 87.5 Å². The Balaban J connectivity index is -0.0000000555. The second-order valence-corrected chi connectivity index (χ2v) is 5.10. The summed E-state index contributed by atoms with van der Waals surface area (Å²) >= 11 is 6.44. The second-order valence-electron chi connectivity index (χ2n) is 5.10. The van der Waals surface area contributed by atoms with Crippen LogP contribution in [0.15, 0.2) is 0 Å². The molecule has 0 bridgehead atoms. The van der Waals surface area contributed by atoms with Crippen LogP contribution < -0.4 is 0 Å². The van der Waals surface area contributed by atoms with Crippen molar-refractivity contribution in [3.63, 3.8) is 0 Å². The minimum atomic E-state index is -0.197. The van der Waals surface area contributed by atoms with Crippen LogP contribution in [-0.4, -0.2) is 26.3 Å². The normalized spacial score (nSPS) is 7.54. The van der Waals surface area contributed by atoms with Crippen LogP contribution in [0.2, 0.25) is 0 Å². The van der Waals surface area contributed by atoms with Gasteiger partial charge in [0.15, 0.2) is 0 Å². The largest absolute Gasteiger partial charge is 0.466 e. The highest BCUT2D eigenvalue weighted by Crippen LogP contribution is 1.95. The zero-order chi connectivity index (χ0) is 22.1. The highest BCUT2D eigenvalue weighted by atomic mass is 33.1. The summed E-state index contributed by atoms with van der Waals surface area (Å²) in [6.07, 6.45) is 9.56. The average Bonchev–Trinajstić information content (AvgIpc) is 2.68. The molecule has 166 valence electrons. The molecule has 0 aromatic rings. The molecule has 0 heterocycles. The average molecular weight is 417 g/mol. The molecule has 0 aliphatic heterocycles. The number of methoxy groups -OCH3 is 1. The van der Waals surface area contributed by atoms with Gasteiger partial charge < -0.3 is 9.47 Å². The van der Waals surface area contributed by atoms with Gasteiger partial charge >= 0.3 is 5.97 Å². The Morgan fingerprint density at radius 2 is 1.04 bits per heavy atom. The maximum absolute atomic E-state index is 10.3. The predicted octanol–water partition coefficient (Wildman–Crippen LogP) is 8.18. The molecule has 26 heavy (non-hydrogen) atoms. The topological polar surface area (TPSA) is 35.5 Å². The van der Waals surface area contributed by atoms with Gasteiger partial charge in [-0.25, -0.2) is 0 Å². The molecule has 0 unspecified atom stereocenters. The summed E-state index contributed by atoms with van der Waals surface area (Å²) in [6.45, 7) is 19.7. The first-order chi connectivity index (χ1) is 12.5. The number of carbonyl (C=O) groups is 1. The van der Waals surface area contributed by atoms with E-state index in [0.29, 0.717) is 6.61 Å². The zero-order valence-corrected chi connectivity index (χ0v) is 21.5. The summed E-state index contributed by atoms with van der Waals surface area (Å²) < 4.78 is 9.60. The number of hydrogen-bond donors (Lipinski definition) is 2. The SMILES string of the molecule is CC.CCC.CCCC.CCCC.COCCCCCOC(C)=O.SS. The maximum Gasteiger partial charge on any atom is 0.302 e. The molecule has 0 rings (SSSR count). The Morgan fingerprint density at radius 3 is 1.27 bits per heavy atom. The minimum absolute atomic E-state index is 0.197. The lowest BCUT2D eigenvalue weighted by Gasteiger charge is -2.00. The summed E-state index contributed by atoms with van der Waals surface area (Å²) in [5.74, 6) is -0.197. The van der Waals surface area contributed by atoms with Gasteiger partial charge in [-0.2, -0.15) is 0 Å². The van der Waals surface area contributed by atoms with Crippen molar-refractivity contribution in [2.24, 2.45) is 0 Å². The van der Waals surface area contributed by atoms with Gasteiger partial charge in [-0.3, -0.25) is 4.79 Å². The van der Waals surface area contributed by atoms with E-state index in [-0.39, 0.29) is 5.97 Å². The Bertz CT molecular complexity index is 161. The van der Waals surface area contributed by atoms with Gasteiger partial charge in [0.1, 0.15) is 0 Å². The number of unbranched alkanes of at least 4 members (excludes halogenated alkanes) is 4. The van der Waals surface area contributed by atoms with Crippen LogP contribution in [0.1, 0.15) is 114 Å². The summed E-state index contributed by atoms with van der Waals surface area (Å²) in [7, 11) is 1.69. The zero-order valence-electron chi connectivity index (χ0n) is 19.7. The van der Waals surface area contributed by atoms with Crippen molar-refractivity contribution in [2.45, 2.75) is 114 Å². The van der Waals surface area contributed by atoms with E-state index in [0.717, 1.165) is 25.9 Å². The lowest BCUT2D eigenvalue weighted by atomic mass is 10.2. The smallest absolute Gasteiger partial charge is 0.302 e. The van der Waals surface area contributed by atoms with Gasteiger partial charge in [-0.15, -0.1) is 23.3 Å². The Hall–Kier alpha value is 0.130. The van der Waals surface area contributed by atoms with Gasteiger partial charge in [0.25, 0.3) is 0 Å². The molecule has 0 atom stereocenters. The summed E-state index contributed by atoms with van der Waals surface area (Å²) in [5, 5.41) is 0. The fraction of sp³-hybridized carbons (Fsp3) is 0.952. The lowest BCUT2D eigenvalue weighted by Crippen LogP contribution is -2.00. The first kappa shape index (κ1) is 40.7. The van der Waals surface area contributed by atoms with E-state index in [9.17, 15) is 4.79 Å². The first-order valence-electron chi connectivity index (χ1n) is 10.3. The summed E-state index contributed by atoms with van der Waals surface area (Å²) in [4.78, 5) is 10.3. The molecule has 0 aromatic heterocycles. The van der Waals surface area contributed by atoms with Crippen LogP contribution in [-0.2, 0) is 14.3 Å². The number of esters is 1. The molecule has 0 N–H and O–H groups in total. The number of ether oxygens (including phenoxy) is 2. The van der Waals surface area contributed by atoms with Crippen LogP contribution in [0.4, 0.5) is 0 Å². The number of rotatable bonds is 8. The van der Waals surface area contributed by atoms with Crippen LogP contribution >= 0.6 is 23.3 Å². The van der Waals surface area contributed by atoms with Gasteiger partial charge in [0.2, 0.25) is 0 Å². The summed E-state index contributed by atoms with van der Waals surface area (Å²) in [5.41, 5.74) is 0. The van der Waals surface area contributed by atoms with Crippen molar-refractivity contribution < 1.29 is 14.3 Å². The van der Waals surface area contributed by atoms with Crippen molar-refractivity contribution in [2.75, 3.05) is 20.3 Å². The molecule has 3 nitrogen and oxygen atoms in total. The van der Waals surface area contributed by atoms with E-state index >= 15 is 0 Å². The molecule has 0 aliphatic rings. The molecule has 0 aromatic carbocycles. The van der Waals surface area contributed by atoms with E-state index in [1.165, 1.54) is 39.0 Å². The highest BCUT2D eigenvalue weighted by molar-refractivity contribution is 8.59. The molecule has 5 heteroatoms. The van der Waals surface area contributed by atoms with Gasteiger partial charge in [-0.05, 0) is 19.3 Å². The van der Waals surface area contributed by atoms with Crippen LogP contribution in [0.25, 0.3) is 0 Å². The number of hydrogen-bond acceptors (Lipinski definition) is 5. The molecule has 0 aliphatic carbocycles. The molecule has 0 amide bonds. The third-order valence-electron chi connectivity index (χ3n) is 2.30. The van der Waals surface area contributed by atoms with E-state index in [2.05, 4.69) is 64.9 Å². The van der Waals surface area contributed by atoms with Crippen LogP contribution in [0, 0.1) is 0 Å². The fourth-order valence-corrected chi connectivity index (χ4v) is 0.741. The van der Waals surface area contributed by atoms with Gasteiger partial charge in [0.05, 0.1) is 6.61 Å². The Kier molecular flexibility index (Phi) is 100. The first-order valence-corrected chi connectivity index (χ1v) is 11.9. The molecule has 0 saturated carbocycles. The maximum atomic E-state index is 10.3. The van der Waals surface area contributed by atoms with E-state index < -0.39 is 0 Å². The van der Waals surface area contributed by atoms with Gasteiger partial charge in [0, 0.05) is 20.6 Å². The minimum Gasteiger partial charge on any atom is -0.466 e.